The molecule has 0 unspecified atom stereocenters. The number of pyridine rings is 1. The van der Waals surface area contributed by atoms with Crippen LogP contribution in [0.3, 0.4) is 0 Å². The van der Waals surface area contributed by atoms with Crippen LogP contribution >= 0.6 is 0 Å². The summed E-state index contributed by atoms with van der Waals surface area (Å²) in [5.41, 5.74) is 1.58. The maximum Gasteiger partial charge on any atom is 0.182 e. The largest absolute Gasteiger partial charge is 0.443 e. The molecule has 3 rings (SSSR count). The lowest BCUT2D eigenvalue weighted by atomic mass is 10.3. The smallest absolute Gasteiger partial charge is 0.182 e. The molecule has 0 spiro atoms. The summed E-state index contributed by atoms with van der Waals surface area (Å²) < 4.78 is 10.8. The molecule has 5 heteroatoms. The number of morpholine rings is 1. The van der Waals surface area contributed by atoms with Crippen molar-refractivity contribution in [3.8, 4) is 0 Å². The van der Waals surface area contributed by atoms with Gasteiger partial charge < -0.3 is 14.1 Å². The Morgan fingerprint density at radius 3 is 3.25 bits per heavy atom. The lowest BCUT2D eigenvalue weighted by molar-refractivity contribution is 0.0529. The Kier molecular flexibility index (Phi) is 2.25. The molecule has 84 valence electrons. The number of anilines is 1. The zero-order chi connectivity index (χ0) is 11.0. The second-order valence-corrected chi connectivity index (χ2v) is 3.99. The third-order valence-corrected chi connectivity index (χ3v) is 2.77. The van der Waals surface area contributed by atoms with Gasteiger partial charge in [-0.15, -0.1) is 0 Å². The molecule has 0 bridgehead atoms. The number of hydrogen-bond acceptors (Lipinski definition) is 5. The standard InChI is InChI=1S/C11H13N3O2/c1-8-6-14(2-3-15-8)11-4-10-9(5-12-11)13-7-16-10/h4-5,7-8H,2-3,6H2,1H3/t8-/m1/s1. The summed E-state index contributed by atoms with van der Waals surface area (Å²) in [6.07, 6.45) is 3.44. The predicted octanol–water partition coefficient (Wildman–Crippen LogP) is 1.45. The van der Waals surface area contributed by atoms with Gasteiger partial charge in [-0.3, -0.25) is 0 Å². The van der Waals surface area contributed by atoms with E-state index >= 15 is 0 Å². The molecule has 0 aliphatic carbocycles. The molecule has 0 saturated carbocycles. The highest BCUT2D eigenvalue weighted by Crippen LogP contribution is 2.20. The third-order valence-electron chi connectivity index (χ3n) is 2.77. The topological polar surface area (TPSA) is 51.4 Å². The van der Waals surface area contributed by atoms with E-state index in [4.69, 9.17) is 9.15 Å². The Balaban J connectivity index is 1.92. The Labute approximate surface area is 93.0 Å². The second-order valence-electron chi connectivity index (χ2n) is 3.99. The SMILES string of the molecule is C[C@@H]1CN(c2cc3ocnc3cn2)CCO1. The normalized spacial score (nSPS) is 21.6. The van der Waals surface area contributed by atoms with Crippen molar-refractivity contribution in [1.29, 1.82) is 0 Å². The summed E-state index contributed by atoms with van der Waals surface area (Å²) in [5.74, 6) is 0.930. The Morgan fingerprint density at radius 1 is 1.44 bits per heavy atom. The monoisotopic (exact) mass is 219 g/mol. The summed E-state index contributed by atoms with van der Waals surface area (Å²) in [7, 11) is 0. The van der Waals surface area contributed by atoms with E-state index in [9.17, 15) is 0 Å². The van der Waals surface area contributed by atoms with Gasteiger partial charge in [-0.2, -0.15) is 0 Å². The second kappa shape index (κ2) is 3.75. The number of rotatable bonds is 1. The first kappa shape index (κ1) is 9.59. The maximum atomic E-state index is 5.50. The van der Waals surface area contributed by atoms with Crippen molar-refractivity contribution < 1.29 is 9.15 Å². The molecule has 0 radical (unpaired) electrons. The molecule has 2 aromatic rings. The fourth-order valence-electron chi connectivity index (χ4n) is 1.95. The molecule has 1 atom stereocenters. The first-order valence-corrected chi connectivity index (χ1v) is 5.39. The molecule has 5 nitrogen and oxygen atoms in total. The molecule has 1 aliphatic rings. The van der Waals surface area contributed by atoms with Crippen LogP contribution in [0.4, 0.5) is 5.82 Å². The first-order chi connectivity index (χ1) is 7.83. The molecular formula is C11H13N3O2. The number of nitrogens with zero attached hydrogens (tertiary/aromatic N) is 3. The molecular weight excluding hydrogens is 206 g/mol. The van der Waals surface area contributed by atoms with Crippen molar-refractivity contribution in [1.82, 2.24) is 9.97 Å². The van der Waals surface area contributed by atoms with Gasteiger partial charge >= 0.3 is 0 Å². The highest BCUT2D eigenvalue weighted by Gasteiger charge is 2.18. The van der Waals surface area contributed by atoms with Crippen LogP contribution in [0.25, 0.3) is 11.1 Å². The van der Waals surface area contributed by atoms with Crippen LogP contribution in [0.5, 0.6) is 0 Å². The van der Waals surface area contributed by atoms with Gasteiger partial charge in [-0.05, 0) is 6.92 Å². The van der Waals surface area contributed by atoms with Crippen LogP contribution < -0.4 is 4.90 Å². The predicted molar refractivity (Wildman–Crippen MR) is 59.4 cm³/mol. The van der Waals surface area contributed by atoms with Crippen molar-refractivity contribution in [2.24, 2.45) is 0 Å². The van der Waals surface area contributed by atoms with Gasteiger partial charge in [-0.25, -0.2) is 9.97 Å². The highest BCUT2D eigenvalue weighted by molar-refractivity contribution is 5.74. The van der Waals surface area contributed by atoms with Gasteiger partial charge in [0.25, 0.3) is 0 Å². The van der Waals surface area contributed by atoms with Crippen molar-refractivity contribution in [3.63, 3.8) is 0 Å². The van der Waals surface area contributed by atoms with Crippen molar-refractivity contribution in [2.45, 2.75) is 13.0 Å². The fraction of sp³-hybridized carbons (Fsp3) is 0.455. The van der Waals surface area contributed by atoms with Gasteiger partial charge in [0, 0.05) is 19.2 Å². The van der Waals surface area contributed by atoms with Gasteiger partial charge in [0.05, 0.1) is 18.9 Å². The molecule has 3 heterocycles. The van der Waals surface area contributed by atoms with E-state index in [0.717, 1.165) is 36.6 Å². The fourth-order valence-corrected chi connectivity index (χ4v) is 1.95. The van der Waals surface area contributed by atoms with E-state index < -0.39 is 0 Å². The average molecular weight is 219 g/mol. The summed E-state index contributed by atoms with van der Waals surface area (Å²) in [6.45, 7) is 4.56. The Morgan fingerprint density at radius 2 is 2.38 bits per heavy atom. The van der Waals surface area contributed by atoms with Crippen molar-refractivity contribution >= 4 is 16.9 Å². The van der Waals surface area contributed by atoms with Crippen molar-refractivity contribution in [3.05, 3.63) is 18.7 Å². The number of oxazole rings is 1. The van der Waals surface area contributed by atoms with Crippen LogP contribution in [-0.4, -0.2) is 35.8 Å². The summed E-state index contributed by atoms with van der Waals surface area (Å²) >= 11 is 0. The molecule has 0 N–H and O–H groups in total. The van der Waals surface area contributed by atoms with Crippen LogP contribution in [0.2, 0.25) is 0 Å². The number of aromatic nitrogens is 2. The minimum atomic E-state index is 0.251. The van der Waals surface area contributed by atoms with Crippen LogP contribution in [0, 0.1) is 0 Å². The Hall–Kier alpha value is -1.62. The summed E-state index contributed by atoms with van der Waals surface area (Å²) in [4.78, 5) is 10.6. The molecule has 2 aromatic heterocycles. The molecule has 1 fully saturated rings. The molecule has 0 amide bonds. The zero-order valence-electron chi connectivity index (χ0n) is 9.09. The van der Waals surface area contributed by atoms with Crippen molar-refractivity contribution in [2.75, 3.05) is 24.6 Å². The minimum absolute atomic E-state index is 0.251. The maximum absolute atomic E-state index is 5.50. The van der Waals surface area contributed by atoms with E-state index in [1.54, 1.807) is 6.20 Å². The minimum Gasteiger partial charge on any atom is -0.443 e. The van der Waals surface area contributed by atoms with E-state index in [-0.39, 0.29) is 6.10 Å². The lowest BCUT2D eigenvalue weighted by Gasteiger charge is -2.31. The molecule has 0 aromatic carbocycles. The van der Waals surface area contributed by atoms with Gasteiger partial charge in [-0.1, -0.05) is 0 Å². The molecule has 16 heavy (non-hydrogen) atoms. The number of ether oxygens (including phenoxy) is 1. The van der Waals surface area contributed by atoms with Gasteiger partial charge in [0.15, 0.2) is 12.0 Å². The Bertz CT molecular complexity index is 497. The number of fused-ring (bicyclic) bond motifs is 1. The molecule has 1 saturated heterocycles. The van der Waals surface area contributed by atoms with Gasteiger partial charge in [0.1, 0.15) is 11.3 Å². The van der Waals surface area contributed by atoms with Crippen LogP contribution in [-0.2, 0) is 4.74 Å². The third kappa shape index (κ3) is 1.63. The zero-order valence-corrected chi connectivity index (χ0v) is 9.09. The van der Waals surface area contributed by atoms with E-state index in [1.807, 2.05) is 6.07 Å². The van der Waals surface area contributed by atoms with E-state index in [1.165, 1.54) is 6.39 Å². The highest BCUT2D eigenvalue weighted by atomic mass is 16.5. The number of hydrogen-bond donors (Lipinski definition) is 0. The van der Waals surface area contributed by atoms with E-state index in [2.05, 4.69) is 21.8 Å². The van der Waals surface area contributed by atoms with Crippen LogP contribution in [0.15, 0.2) is 23.1 Å². The molecule has 1 aliphatic heterocycles. The van der Waals surface area contributed by atoms with Gasteiger partial charge in [0.2, 0.25) is 0 Å². The lowest BCUT2D eigenvalue weighted by Crippen LogP contribution is -2.41. The first-order valence-electron chi connectivity index (χ1n) is 5.39. The quantitative estimate of drug-likeness (QED) is 0.726. The average Bonchev–Trinajstić information content (AvgIpc) is 2.75. The summed E-state index contributed by atoms with van der Waals surface area (Å²) in [6, 6.07) is 1.93. The van der Waals surface area contributed by atoms with E-state index in [0.29, 0.717) is 0 Å². The van der Waals surface area contributed by atoms with Crippen LogP contribution in [0.1, 0.15) is 6.92 Å². The summed E-state index contributed by atoms with van der Waals surface area (Å²) in [5, 5.41) is 0.